The lowest BCUT2D eigenvalue weighted by atomic mass is 10.2. The van der Waals surface area contributed by atoms with E-state index in [-0.39, 0.29) is 11.6 Å². The fourth-order valence-corrected chi connectivity index (χ4v) is 2.51. The number of carbonyl (C=O) groups excluding carboxylic acids is 1. The molecule has 0 bridgehead atoms. The molecule has 0 unspecified atom stereocenters. The lowest BCUT2D eigenvalue weighted by molar-refractivity contribution is -0.384. The number of hydrogen-bond donors (Lipinski definition) is 1. The second-order valence-electron chi connectivity index (χ2n) is 3.57. The molecule has 0 saturated carbocycles. The molecule has 1 N–H and O–H groups in total. The molecular formula is C11H8IN3O3S. The van der Waals surface area contributed by atoms with Crippen LogP contribution in [0, 0.1) is 13.7 Å². The molecule has 0 atom stereocenters. The van der Waals surface area contributed by atoms with Gasteiger partial charge in [0.2, 0.25) is 0 Å². The number of rotatable bonds is 4. The number of nitro benzene ring substituents is 1. The smallest absolute Gasteiger partial charge is 0.270 e. The third kappa shape index (κ3) is 3.47. The van der Waals surface area contributed by atoms with E-state index in [1.165, 1.54) is 23.5 Å². The van der Waals surface area contributed by atoms with E-state index >= 15 is 0 Å². The Kier molecular flexibility index (Phi) is 4.43. The van der Waals surface area contributed by atoms with Gasteiger partial charge in [-0.2, -0.15) is 0 Å². The third-order valence-corrected chi connectivity index (χ3v) is 4.03. The number of carbonyl (C=O) groups is 1. The zero-order chi connectivity index (χ0) is 13.8. The van der Waals surface area contributed by atoms with Crippen LogP contribution in [0.2, 0.25) is 0 Å². The molecule has 2 aromatic rings. The second-order valence-corrected chi connectivity index (χ2v) is 5.70. The molecule has 0 aliphatic rings. The Morgan fingerprint density at radius 1 is 1.53 bits per heavy atom. The molecule has 0 spiro atoms. The lowest BCUT2D eigenvalue weighted by Gasteiger charge is -2.05. The van der Waals surface area contributed by atoms with Gasteiger partial charge in [0.25, 0.3) is 11.6 Å². The zero-order valence-corrected chi connectivity index (χ0v) is 12.5. The van der Waals surface area contributed by atoms with Crippen LogP contribution in [0.5, 0.6) is 0 Å². The molecule has 2 rings (SSSR count). The average Bonchev–Trinajstić information content (AvgIpc) is 2.89. The molecule has 1 aromatic heterocycles. The van der Waals surface area contributed by atoms with Crippen LogP contribution in [0.15, 0.2) is 29.9 Å². The van der Waals surface area contributed by atoms with Crippen LogP contribution < -0.4 is 5.32 Å². The topological polar surface area (TPSA) is 85.1 Å². The molecule has 0 fully saturated rings. The number of hydrogen-bond acceptors (Lipinski definition) is 5. The van der Waals surface area contributed by atoms with E-state index < -0.39 is 4.92 Å². The summed E-state index contributed by atoms with van der Waals surface area (Å²) in [7, 11) is 0. The van der Waals surface area contributed by atoms with Crippen molar-refractivity contribution in [2.75, 3.05) is 0 Å². The maximum atomic E-state index is 12.0. The van der Waals surface area contributed by atoms with Crippen LogP contribution in [0.3, 0.4) is 0 Å². The summed E-state index contributed by atoms with van der Waals surface area (Å²) >= 11 is 3.41. The number of halogens is 1. The predicted octanol–water partition coefficient (Wildman–Crippen LogP) is 2.59. The summed E-state index contributed by atoms with van der Waals surface area (Å²) in [4.78, 5) is 27.0. The van der Waals surface area contributed by atoms with Gasteiger partial charge in [-0.3, -0.25) is 19.9 Å². The molecule has 98 valence electrons. The molecule has 1 aromatic carbocycles. The van der Waals surface area contributed by atoms with E-state index in [0.717, 1.165) is 4.88 Å². The molecule has 0 saturated heterocycles. The van der Waals surface area contributed by atoms with Crippen molar-refractivity contribution in [3.05, 3.63) is 54.0 Å². The first-order chi connectivity index (χ1) is 9.08. The Morgan fingerprint density at radius 2 is 2.32 bits per heavy atom. The molecule has 19 heavy (non-hydrogen) atoms. The highest BCUT2D eigenvalue weighted by atomic mass is 127. The van der Waals surface area contributed by atoms with Crippen molar-refractivity contribution >= 4 is 45.5 Å². The van der Waals surface area contributed by atoms with Crippen LogP contribution >= 0.6 is 33.9 Å². The minimum absolute atomic E-state index is 0.0941. The van der Waals surface area contributed by atoms with Crippen molar-refractivity contribution in [3.63, 3.8) is 0 Å². The summed E-state index contributed by atoms with van der Waals surface area (Å²) < 4.78 is 0.671. The first kappa shape index (κ1) is 13.9. The van der Waals surface area contributed by atoms with Gasteiger partial charge in [-0.25, -0.2) is 0 Å². The minimum atomic E-state index is -0.518. The number of non-ortho nitro benzene ring substituents is 1. The van der Waals surface area contributed by atoms with Gasteiger partial charge >= 0.3 is 0 Å². The summed E-state index contributed by atoms with van der Waals surface area (Å²) in [5.41, 5.74) is 1.89. The van der Waals surface area contributed by atoms with E-state index in [1.807, 2.05) is 22.6 Å². The third-order valence-electron chi connectivity index (χ3n) is 2.31. The Balaban J connectivity index is 2.14. The van der Waals surface area contributed by atoms with E-state index in [1.54, 1.807) is 17.8 Å². The van der Waals surface area contributed by atoms with Gasteiger partial charge in [-0.05, 0) is 28.7 Å². The van der Waals surface area contributed by atoms with Crippen molar-refractivity contribution in [3.8, 4) is 0 Å². The molecule has 0 radical (unpaired) electrons. The van der Waals surface area contributed by atoms with Gasteiger partial charge < -0.3 is 5.32 Å². The first-order valence-electron chi connectivity index (χ1n) is 5.17. The van der Waals surface area contributed by atoms with Crippen molar-refractivity contribution in [1.82, 2.24) is 10.3 Å². The zero-order valence-electron chi connectivity index (χ0n) is 9.50. The summed E-state index contributed by atoms with van der Waals surface area (Å²) in [6.07, 6.45) is 1.67. The normalized spacial score (nSPS) is 10.2. The van der Waals surface area contributed by atoms with E-state index in [9.17, 15) is 14.9 Å². The molecular weight excluding hydrogens is 381 g/mol. The van der Waals surface area contributed by atoms with Crippen molar-refractivity contribution in [2.45, 2.75) is 6.54 Å². The van der Waals surface area contributed by atoms with E-state index in [0.29, 0.717) is 15.7 Å². The summed E-state index contributed by atoms with van der Waals surface area (Å²) in [6.45, 7) is 0.363. The van der Waals surface area contributed by atoms with Gasteiger partial charge in [0, 0.05) is 26.8 Å². The van der Waals surface area contributed by atoms with E-state index in [4.69, 9.17) is 0 Å². The van der Waals surface area contributed by atoms with Crippen LogP contribution in [0.25, 0.3) is 0 Å². The molecule has 6 nitrogen and oxygen atoms in total. The number of thiazole rings is 1. The van der Waals surface area contributed by atoms with Crippen molar-refractivity contribution < 1.29 is 9.72 Å². The number of benzene rings is 1. The highest BCUT2D eigenvalue weighted by molar-refractivity contribution is 14.1. The standard InChI is InChI=1S/C11H8IN3O3S/c12-10-2-1-7(15(17)18)3-9(10)11(16)14-5-8-4-13-6-19-8/h1-4,6H,5H2,(H,14,16). The summed E-state index contributed by atoms with van der Waals surface area (Å²) in [6, 6.07) is 4.21. The Labute approximate surface area is 126 Å². The van der Waals surface area contributed by atoms with Crippen LogP contribution in [0.1, 0.15) is 15.2 Å². The maximum Gasteiger partial charge on any atom is 0.270 e. The number of amides is 1. The van der Waals surface area contributed by atoms with Gasteiger partial charge in [0.15, 0.2) is 0 Å². The van der Waals surface area contributed by atoms with Crippen LogP contribution in [-0.2, 0) is 6.54 Å². The first-order valence-corrected chi connectivity index (χ1v) is 7.13. The predicted molar refractivity (Wildman–Crippen MR) is 79.1 cm³/mol. The average molecular weight is 389 g/mol. The number of nitro groups is 1. The van der Waals surface area contributed by atoms with Gasteiger partial charge in [-0.1, -0.05) is 0 Å². The van der Waals surface area contributed by atoms with Crippen LogP contribution in [-0.4, -0.2) is 15.8 Å². The highest BCUT2D eigenvalue weighted by Crippen LogP contribution is 2.19. The lowest BCUT2D eigenvalue weighted by Crippen LogP contribution is -2.23. The fraction of sp³-hybridized carbons (Fsp3) is 0.0909. The highest BCUT2D eigenvalue weighted by Gasteiger charge is 2.15. The van der Waals surface area contributed by atoms with Crippen LogP contribution in [0.4, 0.5) is 5.69 Å². The number of aromatic nitrogens is 1. The number of nitrogens with one attached hydrogen (secondary N) is 1. The Hall–Kier alpha value is -1.55. The maximum absolute atomic E-state index is 12.0. The van der Waals surface area contributed by atoms with Gasteiger partial charge in [0.05, 0.1) is 22.5 Å². The number of nitrogens with zero attached hydrogens (tertiary/aromatic N) is 2. The summed E-state index contributed by atoms with van der Waals surface area (Å²) in [5.74, 6) is -0.332. The Bertz CT molecular complexity index is 616. The summed E-state index contributed by atoms with van der Waals surface area (Å²) in [5, 5.41) is 13.4. The monoisotopic (exact) mass is 389 g/mol. The molecule has 0 aliphatic heterocycles. The fourth-order valence-electron chi connectivity index (χ4n) is 1.39. The SMILES string of the molecule is O=C(NCc1cncs1)c1cc([N+](=O)[O-])ccc1I. The molecule has 0 aliphatic carbocycles. The van der Waals surface area contributed by atoms with E-state index in [2.05, 4.69) is 10.3 Å². The van der Waals surface area contributed by atoms with Crippen molar-refractivity contribution in [2.24, 2.45) is 0 Å². The second kappa shape index (κ2) is 6.06. The van der Waals surface area contributed by atoms with Gasteiger partial charge in [-0.15, -0.1) is 11.3 Å². The van der Waals surface area contributed by atoms with Crippen molar-refractivity contribution in [1.29, 1.82) is 0 Å². The molecule has 8 heteroatoms. The molecule has 1 amide bonds. The van der Waals surface area contributed by atoms with Gasteiger partial charge in [0.1, 0.15) is 0 Å². The largest absolute Gasteiger partial charge is 0.347 e. The molecule has 1 heterocycles. The quantitative estimate of drug-likeness (QED) is 0.495. The minimum Gasteiger partial charge on any atom is -0.347 e. The Morgan fingerprint density at radius 3 is 2.95 bits per heavy atom.